The number of hydrogen-bond acceptors (Lipinski definition) is 5. The number of nitrogens with zero attached hydrogens (tertiary/aromatic N) is 1. The lowest BCUT2D eigenvalue weighted by molar-refractivity contribution is 0.102. The molecular weight excluding hydrogens is 274 g/mol. The Morgan fingerprint density at radius 2 is 2.35 bits per heavy atom. The summed E-state index contributed by atoms with van der Waals surface area (Å²) in [4.78, 5) is 16.2. The van der Waals surface area contributed by atoms with Gasteiger partial charge in [0.2, 0.25) is 0 Å². The van der Waals surface area contributed by atoms with Gasteiger partial charge in [-0.2, -0.15) is 0 Å². The van der Waals surface area contributed by atoms with E-state index in [2.05, 4.69) is 10.3 Å². The van der Waals surface area contributed by atoms with Gasteiger partial charge in [0.05, 0.1) is 6.10 Å². The van der Waals surface area contributed by atoms with Crippen LogP contribution >= 0.6 is 11.3 Å². The van der Waals surface area contributed by atoms with Crippen LogP contribution in [0, 0.1) is 0 Å². The number of aromatic nitrogens is 1. The van der Waals surface area contributed by atoms with Crippen molar-refractivity contribution in [1.29, 1.82) is 0 Å². The van der Waals surface area contributed by atoms with E-state index < -0.39 is 0 Å². The predicted octanol–water partition coefficient (Wildman–Crippen LogP) is 2.56. The Morgan fingerprint density at radius 3 is 3.00 bits per heavy atom. The number of carbonyl (C=O) groups excluding carboxylic acids is 1. The zero-order valence-corrected chi connectivity index (χ0v) is 12.2. The molecule has 0 fully saturated rings. The smallest absolute Gasteiger partial charge is 0.275 e. The van der Waals surface area contributed by atoms with Gasteiger partial charge in [-0.15, -0.1) is 11.3 Å². The van der Waals surface area contributed by atoms with Crippen molar-refractivity contribution in [2.24, 2.45) is 5.73 Å². The number of carbonyl (C=O) groups is 1. The van der Waals surface area contributed by atoms with Gasteiger partial charge in [-0.05, 0) is 24.6 Å². The van der Waals surface area contributed by atoms with Gasteiger partial charge in [-0.1, -0.05) is 12.1 Å². The molecule has 1 heterocycles. The monoisotopic (exact) mass is 291 g/mol. The highest BCUT2D eigenvalue weighted by atomic mass is 32.1. The van der Waals surface area contributed by atoms with Crippen molar-refractivity contribution in [1.82, 2.24) is 4.98 Å². The zero-order valence-electron chi connectivity index (χ0n) is 11.4. The van der Waals surface area contributed by atoms with Gasteiger partial charge in [0, 0.05) is 24.7 Å². The van der Waals surface area contributed by atoms with Crippen molar-refractivity contribution in [2.75, 3.05) is 12.4 Å². The van der Waals surface area contributed by atoms with E-state index in [0.29, 0.717) is 12.2 Å². The largest absolute Gasteiger partial charge is 0.377 e. The van der Waals surface area contributed by atoms with Crippen LogP contribution in [0.3, 0.4) is 0 Å². The number of nitrogens with two attached hydrogens (primary N) is 1. The molecule has 5 nitrogen and oxygen atoms in total. The van der Waals surface area contributed by atoms with Gasteiger partial charge in [0.1, 0.15) is 10.7 Å². The van der Waals surface area contributed by atoms with Crippen LogP contribution in [0.5, 0.6) is 0 Å². The van der Waals surface area contributed by atoms with Crippen molar-refractivity contribution >= 4 is 22.9 Å². The minimum atomic E-state index is -0.233. The molecule has 0 saturated heterocycles. The van der Waals surface area contributed by atoms with E-state index in [1.165, 1.54) is 11.3 Å². The Kier molecular flexibility index (Phi) is 4.84. The molecule has 6 heteroatoms. The molecule has 0 spiro atoms. The second-order valence-corrected chi connectivity index (χ2v) is 5.23. The first kappa shape index (κ1) is 14.6. The maximum Gasteiger partial charge on any atom is 0.275 e. The summed E-state index contributed by atoms with van der Waals surface area (Å²) in [6.07, 6.45) is -0.0185. The number of benzene rings is 1. The molecule has 106 valence electrons. The molecular formula is C14H17N3O2S. The SMILES string of the molecule is COC(C)c1cccc(NC(=O)c2csc(CN)n2)c1. The molecule has 1 aromatic carbocycles. The average molecular weight is 291 g/mol. The number of ether oxygens (including phenoxy) is 1. The van der Waals surface area contributed by atoms with E-state index in [4.69, 9.17) is 10.5 Å². The molecule has 0 aliphatic carbocycles. The van der Waals surface area contributed by atoms with Crippen molar-refractivity contribution in [3.8, 4) is 0 Å². The first-order valence-electron chi connectivity index (χ1n) is 6.22. The third-order valence-corrected chi connectivity index (χ3v) is 3.80. The normalized spacial score (nSPS) is 12.2. The molecule has 3 N–H and O–H groups in total. The van der Waals surface area contributed by atoms with Crippen molar-refractivity contribution in [3.63, 3.8) is 0 Å². The summed E-state index contributed by atoms with van der Waals surface area (Å²) < 4.78 is 5.26. The molecule has 1 unspecified atom stereocenters. The van der Waals surface area contributed by atoms with E-state index in [9.17, 15) is 4.79 Å². The predicted molar refractivity (Wildman–Crippen MR) is 79.8 cm³/mol. The lowest BCUT2D eigenvalue weighted by Gasteiger charge is -2.11. The lowest BCUT2D eigenvalue weighted by atomic mass is 10.1. The fraction of sp³-hybridized carbons (Fsp3) is 0.286. The van der Waals surface area contributed by atoms with Gasteiger partial charge < -0.3 is 15.8 Å². The van der Waals surface area contributed by atoms with Gasteiger partial charge >= 0.3 is 0 Å². The number of methoxy groups -OCH3 is 1. The highest BCUT2D eigenvalue weighted by molar-refractivity contribution is 7.09. The fourth-order valence-corrected chi connectivity index (χ4v) is 2.36. The molecule has 1 aromatic heterocycles. The molecule has 1 atom stereocenters. The summed E-state index contributed by atoms with van der Waals surface area (Å²) in [7, 11) is 1.65. The zero-order chi connectivity index (χ0) is 14.5. The number of hydrogen-bond donors (Lipinski definition) is 2. The maximum absolute atomic E-state index is 12.1. The van der Waals surface area contributed by atoms with Crippen LogP contribution in [0.2, 0.25) is 0 Å². The topological polar surface area (TPSA) is 77.2 Å². The third kappa shape index (κ3) is 3.41. The third-order valence-electron chi connectivity index (χ3n) is 2.93. The number of nitrogens with one attached hydrogen (secondary N) is 1. The Hall–Kier alpha value is -1.76. The van der Waals surface area contributed by atoms with E-state index in [1.54, 1.807) is 12.5 Å². The average Bonchev–Trinajstić information content (AvgIpc) is 2.95. The standard InChI is InChI=1S/C14H17N3O2S/c1-9(19-2)10-4-3-5-11(6-10)16-14(18)12-8-20-13(7-15)17-12/h3-6,8-9H,7,15H2,1-2H3,(H,16,18). The summed E-state index contributed by atoms with van der Waals surface area (Å²) in [5.74, 6) is -0.233. The molecule has 0 radical (unpaired) electrons. The minimum absolute atomic E-state index is 0.0185. The number of amides is 1. The van der Waals surface area contributed by atoms with Gasteiger partial charge in [-0.25, -0.2) is 4.98 Å². The Morgan fingerprint density at radius 1 is 1.55 bits per heavy atom. The summed E-state index contributed by atoms with van der Waals surface area (Å²) in [6, 6.07) is 7.56. The summed E-state index contributed by atoms with van der Waals surface area (Å²) in [5.41, 5.74) is 7.60. The van der Waals surface area contributed by atoms with Crippen LogP contribution in [0.15, 0.2) is 29.6 Å². The second kappa shape index (κ2) is 6.60. The maximum atomic E-state index is 12.1. The van der Waals surface area contributed by atoms with Crippen LogP contribution in [-0.2, 0) is 11.3 Å². The molecule has 0 saturated carbocycles. The summed E-state index contributed by atoms with van der Waals surface area (Å²) in [6.45, 7) is 2.30. The minimum Gasteiger partial charge on any atom is -0.377 e. The van der Waals surface area contributed by atoms with Crippen molar-refractivity contribution < 1.29 is 9.53 Å². The van der Waals surface area contributed by atoms with Gasteiger partial charge in [-0.3, -0.25) is 4.79 Å². The molecule has 0 aliphatic rings. The fourth-order valence-electron chi connectivity index (χ4n) is 1.71. The molecule has 2 aromatic rings. The number of rotatable bonds is 5. The van der Waals surface area contributed by atoms with E-state index in [0.717, 1.165) is 16.3 Å². The van der Waals surface area contributed by atoms with Crippen molar-refractivity contribution in [2.45, 2.75) is 19.6 Å². The number of anilines is 1. The number of thiazole rings is 1. The Labute approximate surface area is 121 Å². The second-order valence-electron chi connectivity index (χ2n) is 4.29. The van der Waals surface area contributed by atoms with Crippen molar-refractivity contribution in [3.05, 3.63) is 45.9 Å². The van der Waals surface area contributed by atoms with E-state index >= 15 is 0 Å². The van der Waals surface area contributed by atoms with Gasteiger partial charge in [0.25, 0.3) is 5.91 Å². The molecule has 20 heavy (non-hydrogen) atoms. The van der Waals surface area contributed by atoms with Crippen LogP contribution < -0.4 is 11.1 Å². The van der Waals surface area contributed by atoms with Crippen LogP contribution in [0.1, 0.15) is 34.1 Å². The van der Waals surface area contributed by atoms with Gasteiger partial charge in [0.15, 0.2) is 0 Å². The lowest BCUT2D eigenvalue weighted by Crippen LogP contribution is -2.13. The summed E-state index contributed by atoms with van der Waals surface area (Å²) in [5, 5.41) is 5.28. The Bertz CT molecular complexity index is 598. The molecule has 2 rings (SSSR count). The first-order chi connectivity index (χ1) is 9.63. The highest BCUT2D eigenvalue weighted by Gasteiger charge is 2.11. The summed E-state index contributed by atoms with van der Waals surface area (Å²) >= 11 is 1.38. The highest BCUT2D eigenvalue weighted by Crippen LogP contribution is 2.20. The Balaban J connectivity index is 2.11. The molecule has 0 bridgehead atoms. The van der Waals surface area contributed by atoms with Crippen LogP contribution in [0.4, 0.5) is 5.69 Å². The van der Waals surface area contributed by atoms with Crippen LogP contribution in [-0.4, -0.2) is 18.0 Å². The van der Waals surface area contributed by atoms with E-state index in [-0.39, 0.29) is 12.0 Å². The quantitative estimate of drug-likeness (QED) is 0.887. The first-order valence-corrected chi connectivity index (χ1v) is 7.10. The van der Waals surface area contributed by atoms with E-state index in [1.807, 2.05) is 31.2 Å². The van der Waals surface area contributed by atoms with Crippen LogP contribution in [0.25, 0.3) is 0 Å². The molecule has 0 aliphatic heterocycles. The molecule has 1 amide bonds.